The van der Waals surface area contributed by atoms with E-state index in [1.54, 1.807) is 31.2 Å². The standard InChI is InChI=1S/C17H12N2O4/c1-3-19-16(22)12-6-8-4-10-11(15(21)18(2)14(10)20)5-9(8)7-13(12)17(19)23/h4-7H,3H2,1-2H3. The monoisotopic (exact) mass is 308 g/mol. The molecular weight excluding hydrogens is 296 g/mol. The second-order valence-corrected chi connectivity index (χ2v) is 5.67. The lowest BCUT2D eigenvalue weighted by atomic mass is 10.0. The molecule has 6 heteroatoms. The summed E-state index contributed by atoms with van der Waals surface area (Å²) in [5, 5.41) is 2.67. The van der Waals surface area contributed by atoms with Gasteiger partial charge in [0.05, 0.1) is 21.5 Å². The zero-order chi connectivity index (χ0) is 16.5. The summed E-state index contributed by atoms with van der Waals surface area (Å²) in [6, 6.07) is 6.47. The van der Waals surface area contributed by atoms with Crippen molar-refractivity contribution in [1.29, 1.82) is 0 Å². The van der Waals surface area contributed by atoms with Crippen LogP contribution in [0.4, 0.5) is 0 Å². The zero-order valence-electron chi connectivity index (χ0n) is 12.5. The van der Waals surface area contributed by atoms with Crippen LogP contribution in [0.5, 0.6) is 0 Å². The molecular formula is C17H12N2O4. The van der Waals surface area contributed by atoms with Crippen molar-refractivity contribution in [2.45, 2.75) is 13.5 Å². The Balaban J connectivity index is 2.27. The summed E-state index contributed by atoms with van der Waals surface area (Å²) in [7, 11) is 1.43. The van der Waals surface area contributed by atoms with Crippen molar-refractivity contribution in [2.24, 2.45) is 7.05 Å². The third-order valence-corrected chi connectivity index (χ3v) is 4.45. The Morgan fingerprint density at radius 3 is 1.39 bits per heavy atom. The van der Waals surface area contributed by atoms with Gasteiger partial charge in [0.1, 0.15) is 0 Å². The predicted octanol–water partition coefficient (Wildman–Crippen LogP) is 0.622. The van der Waals surface area contributed by atoms with Crippen LogP contribution in [0.3, 0.4) is 0 Å². The first-order chi connectivity index (χ1) is 10.9. The molecule has 114 valence electrons. The molecule has 0 amide bonds. The van der Waals surface area contributed by atoms with Gasteiger partial charge < -0.3 is 0 Å². The number of hydrogen-bond acceptors (Lipinski definition) is 4. The van der Waals surface area contributed by atoms with Crippen LogP contribution >= 0.6 is 0 Å². The van der Waals surface area contributed by atoms with E-state index >= 15 is 0 Å². The van der Waals surface area contributed by atoms with Gasteiger partial charge in [0.2, 0.25) is 0 Å². The maximum atomic E-state index is 12.3. The maximum absolute atomic E-state index is 12.3. The van der Waals surface area contributed by atoms with Crippen LogP contribution in [-0.2, 0) is 13.6 Å². The molecule has 0 aliphatic carbocycles. The predicted molar refractivity (Wildman–Crippen MR) is 89.0 cm³/mol. The lowest BCUT2D eigenvalue weighted by Gasteiger charge is -1.97. The van der Waals surface area contributed by atoms with Crippen molar-refractivity contribution >= 4 is 32.3 Å². The molecule has 0 bridgehead atoms. The molecule has 2 heterocycles. The van der Waals surface area contributed by atoms with Gasteiger partial charge in [-0.05, 0) is 42.0 Å². The van der Waals surface area contributed by atoms with E-state index in [1.807, 2.05) is 0 Å². The summed E-state index contributed by atoms with van der Waals surface area (Å²) in [4.78, 5) is 48.7. The molecule has 0 atom stereocenters. The van der Waals surface area contributed by atoms with E-state index in [2.05, 4.69) is 0 Å². The first kappa shape index (κ1) is 13.6. The largest absolute Gasteiger partial charge is 0.277 e. The number of nitrogens with zero attached hydrogens (tertiary/aromatic N) is 2. The summed E-state index contributed by atoms with van der Waals surface area (Å²) in [6.07, 6.45) is 0. The molecule has 0 unspecified atom stereocenters. The Morgan fingerprint density at radius 2 is 1.04 bits per heavy atom. The highest BCUT2D eigenvalue weighted by Gasteiger charge is 2.15. The fourth-order valence-corrected chi connectivity index (χ4v) is 3.18. The fourth-order valence-electron chi connectivity index (χ4n) is 3.18. The molecule has 6 nitrogen and oxygen atoms in total. The fraction of sp³-hybridized carbons (Fsp3) is 0.176. The Bertz CT molecular complexity index is 1230. The van der Waals surface area contributed by atoms with E-state index in [0.717, 1.165) is 4.57 Å². The van der Waals surface area contributed by atoms with Crippen molar-refractivity contribution in [3.05, 3.63) is 65.7 Å². The van der Waals surface area contributed by atoms with E-state index in [1.165, 1.54) is 11.6 Å². The van der Waals surface area contributed by atoms with E-state index in [-0.39, 0.29) is 22.2 Å². The number of benzene rings is 2. The lowest BCUT2D eigenvalue weighted by molar-refractivity contribution is 0.722. The molecule has 2 aromatic heterocycles. The van der Waals surface area contributed by atoms with Gasteiger partial charge in [-0.15, -0.1) is 0 Å². The van der Waals surface area contributed by atoms with Gasteiger partial charge in [0.25, 0.3) is 22.2 Å². The van der Waals surface area contributed by atoms with Crippen molar-refractivity contribution < 1.29 is 0 Å². The highest BCUT2D eigenvalue weighted by molar-refractivity contribution is 6.04. The topological polar surface area (TPSA) is 78.1 Å². The molecule has 23 heavy (non-hydrogen) atoms. The van der Waals surface area contributed by atoms with E-state index in [0.29, 0.717) is 38.9 Å². The average Bonchev–Trinajstić information content (AvgIpc) is 2.90. The van der Waals surface area contributed by atoms with E-state index in [9.17, 15) is 19.2 Å². The third kappa shape index (κ3) is 1.57. The Morgan fingerprint density at radius 1 is 0.696 bits per heavy atom. The first-order valence-electron chi connectivity index (χ1n) is 7.24. The molecule has 0 fully saturated rings. The SMILES string of the molecule is CCn1c(=O)c2cc3cc4c(=O)n(C)c(=O)c4cc3cc2c1=O. The summed E-state index contributed by atoms with van der Waals surface area (Å²) in [5.74, 6) is 0. The van der Waals surface area contributed by atoms with Crippen molar-refractivity contribution in [1.82, 2.24) is 9.13 Å². The average molecular weight is 308 g/mol. The number of rotatable bonds is 1. The normalized spacial score (nSPS) is 11.9. The van der Waals surface area contributed by atoms with Gasteiger partial charge >= 0.3 is 0 Å². The van der Waals surface area contributed by atoms with Gasteiger partial charge in [0.15, 0.2) is 0 Å². The second kappa shape index (κ2) is 4.25. The molecule has 0 saturated heterocycles. The maximum Gasteiger partial charge on any atom is 0.261 e. The zero-order valence-corrected chi connectivity index (χ0v) is 12.5. The van der Waals surface area contributed by atoms with Gasteiger partial charge in [-0.25, -0.2) is 0 Å². The van der Waals surface area contributed by atoms with Crippen molar-refractivity contribution in [3.8, 4) is 0 Å². The van der Waals surface area contributed by atoms with Crippen molar-refractivity contribution in [3.63, 3.8) is 0 Å². The summed E-state index contributed by atoms with van der Waals surface area (Å²) < 4.78 is 2.24. The number of aromatic nitrogens is 2. The van der Waals surface area contributed by atoms with Gasteiger partial charge in [0, 0.05) is 13.6 Å². The highest BCUT2D eigenvalue weighted by atomic mass is 16.2. The van der Waals surface area contributed by atoms with Gasteiger partial charge in [-0.1, -0.05) is 0 Å². The molecule has 0 N–H and O–H groups in total. The molecule has 0 spiro atoms. The van der Waals surface area contributed by atoms with Crippen LogP contribution in [0.25, 0.3) is 32.3 Å². The molecule has 0 aliphatic heterocycles. The highest BCUT2D eigenvalue weighted by Crippen LogP contribution is 2.23. The molecule has 0 aliphatic rings. The number of hydrogen-bond donors (Lipinski definition) is 0. The van der Waals surface area contributed by atoms with Crippen LogP contribution in [-0.4, -0.2) is 9.13 Å². The first-order valence-corrected chi connectivity index (χ1v) is 7.24. The van der Waals surface area contributed by atoms with Crippen LogP contribution in [0.15, 0.2) is 43.4 Å². The van der Waals surface area contributed by atoms with Crippen LogP contribution < -0.4 is 22.2 Å². The smallest absolute Gasteiger partial charge is 0.261 e. The Kier molecular flexibility index (Phi) is 2.52. The number of fused-ring (bicyclic) bond motifs is 3. The minimum Gasteiger partial charge on any atom is -0.277 e. The minimum atomic E-state index is -0.356. The van der Waals surface area contributed by atoms with E-state index < -0.39 is 0 Å². The summed E-state index contributed by atoms with van der Waals surface area (Å²) in [5.41, 5.74) is -1.36. The van der Waals surface area contributed by atoms with Crippen LogP contribution in [0.2, 0.25) is 0 Å². The molecule has 2 aromatic carbocycles. The van der Waals surface area contributed by atoms with E-state index in [4.69, 9.17) is 0 Å². The van der Waals surface area contributed by atoms with Crippen LogP contribution in [0, 0.1) is 0 Å². The van der Waals surface area contributed by atoms with Gasteiger partial charge in [-0.3, -0.25) is 28.3 Å². The Labute approximate surface area is 128 Å². The summed E-state index contributed by atoms with van der Waals surface area (Å²) >= 11 is 0. The summed E-state index contributed by atoms with van der Waals surface area (Å²) in [6.45, 7) is 2.05. The van der Waals surface area contributed by atoms with Crippen LogP contribution in [0.1, 0.15) is 6.92 Å². The molecule has 4 aromatic rings. The van der Waals surface area contributed by atoms with Gasteiger partial charge in [-0.2, -0.15) is 0 Å². The van der Waals surface area contributed by atoms with Crippen molar-refractivity contribution in [2.75, 3.05) is 0 Å². The third-order valence-electron chi connectivity index (χ3n) is 4.45. The minimum absolute atomic E-state index is 0.307. The molecule has 4 rings (SSSR count). The lowest BCUT2D eigenvalue weighted by Crippen LogP contribution is -2.23. The molecule has 0 saturated carbocycles. The molecule has 0 radical (unpaired) electrons. The quantitative estimate of drug-likeness (QED) is 0.516. The Hall–Kier alpha value is -3.02. The second-order valence-electron chi connectivity index (χ2n) is 5.67.